The normalized spacial score (nSPS) is 12.7. The van der Waals surface area contributed by atoms with E-state index in [1.165, 1.54) is 5.56 Å². The Balaban J connectivity index is 2.36. The molecule has 1 N–H and O–H groups in total. The van der Waals surface area contributed by atoms with E-state index in [1.54, 1.807) is 0 Å². The van der Waals surface area contributed by atoms with Gasteiger partial charge in [-0.25, -0.2) is 0 Å². The first-order valence-corrected chi connectivity index (χ1v) is 5.56. The van der Waals surface area contributed by atoms with Gasteiger partial charge in [-0.3, -0.25) is 0 Å². The van der Waals surface area contributed by atoms with E-state index in [0.29, 0.717) is 0 Å². The van der Waals surface area contributed by atoms with Crippen LogP contribution in [0.15, 0.2) is 24.3 Å². The molecule has 1 aromatic carbocycles. The second-order valence-electron chi connectivity index (χ2n) is 3.77. The molecule has 0 saturated carbocycles. The maximum absolute atomic E-state index is 9.89. The third kappa shape index (κ3) is 4.45. The highest BCUT2D eigenvalue weighted by atomic mass is 16.5. The van der Waals surface area contributed by atoms with E-state index in [2.05, 4.69) is 0 Å². The van der Waals surface area contributed by atoms with Gasteiger partial charge in [-0.1, -0.05) is 29.8 Å². The molecule has 0 heterocycles. The van der Waals surface area contributed by atoms with E-state index in [9.17, 15) is 5.11 Å². The average molecular weight is 208 g/mol. The monoisotopic (exact) mass is 208 g/mol. The van der Waals surface area contributed by atoms with Gasteiger partial charge in [0, 0.05) is 13.2 Å². The summed E-state index contributed by atoms with van der Waals surface area (Å²) < 4.78 is 5.23. The minimum absolute atomic E-state index is 0.356. The highest BCUT2D eigenvalue weighted by molar-refractivity contribution is 5.23. The number of ether oxygens (including phenoxy) is 1. The first kappa shape index (κ1) is 12.2. The van der Waals surface area contributed by atoms with Gasteiger partial charge >= 0.3 is 0 Å². The molecule has 15 heavy (non-hydrogen) atoms. The van der Waals surface area contributed by atoms with Crippen LogP contribution >= 0.6 is 0 Å². The Bertz CT molecular complexity index is 284. The Kier molecular flexibility index (Phi) is 5.37. The Labute approximate surface area is 91.9 Å². The molecule has 0 radical (unpaired) electrons. The number of hydrogen-bond donors (Lipinski definition) is 1. The molecule has 84 valence electrons. The second-order valence-corrected chi connectivity index (χ2v) is 3.77. The van der Waals surface area contributed by atoms with E-state index >= 15 is 0 Å². The number of rotatable bonds is 6. The van der Waals surface area contributed by atoms with Crippen molar-refractivity contribution in [3.63, 3.8) is 0 Å². The molecule has 0 fully saturated rings. The lowest BCUT2D eigenvalue weighted by Crippen LogP contribution is -2.01. The lowest BCUT2D eigenvalue weighted by atomic mass is 10.0. The van der Waals surface area contributed by atoms with Crippen molar-refractivity contribution in [1.82, 2.24) is 0 Å². The van der Waals surface area contributed by atoms with E-state index in [1.807, 2.05) is 38.1 Å². The zero-order valence-electron chi connectivity index (χ0n) is 9.57. The minimum atomic E-state index is -0.356. The number of hydrogen-bond acceptors (Lipinski definition) is 2. The summed E-state index contributed by atoms with van der Waals surface area (Å²) in [6, 6.07) is 8.02. The summed E-state index contributed by atoms with van der Waals surface area (Å²) in [7, 11) is 0. The van der Waals surface area contributed by atoms with Crippen molar-refractivity contribution in [2.75, 3.05) is 13.2 Å². The van der Waals surface area contributed by atoms with Crippen LogP contribution in [-0.2, 0) is 4.74 Å². The first-order valence-electron chi connectivity index (χ1n) is 5.56. The van der Waals surface area contributed by atoms with Crippen molar-refractivity contribution >= 4 is 0 Å². The molecule has 0 aliphatic carbocycles. The summed E-state index contributed by atoms with van der Waals surface area (Å²) in [5, 5.41) is 9.89. The zero-order valence-corrected chi connectivity index (χ0v) is 9.57. The summed E-state index contributed by atoms with van der Waals surface area (Å²) in [6.07, 6.45) is 1.32. The molecule has 2 heteroatoms. The van der Waals surface area contributed by atoms with Crippen molar-refractivity contribution in [3.05, 3.63) is 35.4 Å². The van der Waals surface area contributed by atoms with Gasteiger partial charge in [0.05, 0.1) is 6.10 Å². The van der Waals surface area contributed by atoms with Crippen LogP contribution in [0.5, 0.6) is 0 Å². The van der Waals surface area contributed by atoms with E-state index in [0.717, 1.165) is 31.6 Å². The van der Waals surface area contributed by atoms with E-state index in [4.69, 9.17) is 4.74 Å². The third-order valence-electron chi connectivity index (χ3n) is 2.40. The van der Waals surface area contributed by atoms with Crippen LogP contribution in [-0.4, -0.2) is 18.3 Å². The Morgan fingerprint density at radius 1 is 1.40 bits per heavy atom. The summed E-state index contributed by atoms with van der Waals surface area (Å²) in [6.45, 7) is 5.51. The molecule has 0 amide bonds. The van der Waals surface area contributed by atoms with Gasteiger partial charge in [0.2, 0.25) is 0 Å². The van der Waals surface area contributed by atoms with Gasteiger partial charge < -0.3 is 9.84 Å². The largest absolute Gasteiger partial charge is 0.388 e. The van der Waals surface area contributed by atoms with Crippen molar-refractivity contribution < 1.29 is 9.84 Å². The molecular formula is C13H20O2. The van der Waals surface area contributed by atoms with E-state index in [-0.39, 0.29) is 6.10 Å². The third-order valence-corrected chi connectivity index (χ3v) is 2.40. The fraction of sp³-hybridized carbons (Fsp3) is 0.538. The van der Waals surface area contributed by atoms with Crippen LogP contribution in [0.1, 0.15) is 37.0 Å². The molecular weight excluding hydrogens is 188 g/mol. The summed E-state index contributed by atoms with van der Waals surface area (Å²) >= 11 is 0. The molecule has 2 nitrogen and oxygen atoms in total. The SMILES string of the molecule is CCOCCCC(O)c1cccc(C)c1. The lowest BCUT2D eigenvalue weighted by molar-refractivity contribution is 0.114. The highest BCUT2D eigenvalue weighted by Gasteiger charge is 2.06. The van der Waals surface area contributed by atoms with Crippen molar-refractivity contribution in [1.29, 1.82) is 0 Å². The van der Waals surface area contributed by atoms with Crippen LogP contribution in [0, 0.1) is 6.92 Å². The standard InChI is InChI=1S/C13H20O2/c1-3-15-9-5-8-13(14)12-7-4-6-11(2)10-12/h4,6-7,10,13-14H,3,5,8-9H2,1-2H3. The molecule has 0 aromatic heterocycles. The molecule has 1 atom stereocenters. The molecule has 1 rings (SSSR count). The predicted octanol–water partition coefficient (Wildman–Crippen LogP) is 2.85. The zero-order chi connectivity index (χ0) is 11.1. The summed E-state index contributed by atoms with van der Waals surface area (Å²) in [4.78, 5) is 0. The van der Waals surface area contributed by atoms with Crippen LogP contribution in [0.4, 0.5) is 0 Å². The molecule has 0 saturated heterocycles. The highest BCUT2D eigenvalue weighted by Crippen LogP contribution is 2.18. The number of aryl methyl sites for hydroxylation is 1. The molecule has 0 aliphatic heterocycles. The molecule has 1 unspecified atom stereocenters. The van der Waals surface area contributed by atoms with E-state index < -0.39 is 0 Å². The Morgan fingerprint density at radius 3 is 2.87 bits per heavy atom. The fourth-order valence-electron chi connectivity index (χ4n) is 1.57. The van der Waals surface area contributed by atoms with Gasteiger partial charge in [-0.15, -0.1) is 0 Å². The van der Waals surface area contributed by atoms with Gasteiger partial charge in [-0.2, -0.15) is 0 Å². The van der Waals surface area contributed by atoms with Crippen molar-refractivity contribution in [2.45, 2.75) is 32.8 Å². The second kappa shape index (κ2) is 6.59. The maximum Gasteiger partial charge on any atom is 0.0791 e. The fourth-order valence-corrected chi connectivity index (χ4v) is 1.57. The molecule has 0 bridgehead atoms. The molecule has 0 aliphatic rings. The van der Waals surface area contributed by atoms with Gasteiger partial charge in [0.1, 0.15) is 0 Å². The van der Waals surface area contributed by atoms with Crippen LogP contribution < -0.4 is 0 Å². The number of aliphatic hydroxyl groups is 1. The number of benzene rings is 1. The first-order chi connectivity index (χ1) is 7.24. The smallest absolute Gasteiger partial charge is 0.0791 e. The van der Waals surface area contributed by atoms with Crippen molar-refractivity contribution in [2.24, 2.45) is 0 Å². The van der Waals surface area contributed by atoms with Crippen molar-refractivity contribution in [3.8, 4) is 0 Å². The predicted molar refractivity (Wildman–Crippen MR) is 61.9 cm³/mol. The summed E-state index contributed by atoms with van der Waals surface area (Å²) in [5.74, 6) is 0. The number of aliphatic hydroxyl groups excluding tert-OH is 1. The van der Waals surface area contributed by atoms with Gasteiger partial charge in [0.25, 0.3) is 0 Å². The van der Waals surface area contributed by atoms with Gasteiger partial charge in [0.15, 0.2) is 0 Å². The van der Waals surface area contributed by atoms with Crippen LogP contribution in [0.2, 0.25) is 0 Å². The van der Waals surface area contributed by atoms with Gasteiger partial charge in [-0.05, 0) is 32.3 Å². The average Bonchev–Trinajstić information content (AvgIpc) is 2.24. The van der Waals surface area contributed by atoms with Crippen LogP contribution in [0.3, 0.4) is 0 Å². The Morgan fingerprint density at radius 2 is 2.20 bits per heavy atom. The van der Waals surface area contributed by atoms with Crippen LogP contribution in [0.25, 0.3) is 0 Å². The summed E-state index contributed by atoms with van der Waals surface area (Å²) in [5.41, 5.74) is 2.20. The maximum atomic E-state index is 9.89. The molecule has 0 spiro atoms. The topological polar surface area (TPSA) is 29.5 Å². The lowest BCUT2D eigenvalue weighted by Gasteiger charge is -2.11. The quantitative estimate of drug-likeness (QED) is 0.728. The minimum Gasteiger partial charge on any atom is -0.388 e. The Hall–Kier alpha value is -0.860. The molecule has 1 aromatic rings.